The summed E-state index contributed by atoms with van der Waals surface area (Å²) in [6.45, 7) is 0.452. The zero-order chi connectivity index (χ0) is 29.7. The molecule has 218 valence electrons. The highest BCUT2D eigenvalue weighted by Gasteiger charge is 2.37. The van der Waals surface area contributed by atoms with Crippen LogP contribution in [0.25, 0.3) is 12.2 Å². The van der Waals surface area contributed by atoms with Crippen LogP contribution in [-0.4, -0.2) is 66.7 Å². The number of carboxylic acid groups (broad SMARTS) is 1. The van der Waals surface area contributed by atoms with Crippen molar-refractivity contribution in [2.75, 3.05) is 24.1 Å². The van der Waals surface area contributed by atoms with Gasteiger partial charge in [-0.05, 0) is 60.9 Å². The van der Waals surface area contributed by atoms with Gasteiger partial charge in [0.1, 0.15) is 35.3 Å². The number of aromatic nitrogens is 1. The number of carboxylic acids is 1. The number of sulfonamides is 1. The molecule has 0 saturated carbocycles. The monoisotopic (exact) mass is 606 g/mol. The van der Waals surface area contributed by atoms with Crippen LogP contribution >= 0.6 is 11.6 Å². The van der Waals surface area contributed by atoms with E-state index < -0.39 is 47.2 Å². The first-order chi connectivity index (χ1) is 19.5. The van der Waals surface area contributed by atoms with Crippen molar-refractivity contribution < 1.29 is 42.4 Å². The van der Waals surface area contributed by atoms with E-state index >= 15 is 0 Å². The Hall–Kier alpha value is -3.71. The van der Waals surface area contributed by atoms with Crippen molar-refractivity contribution >= 4 is 45.4 Å². The molecule has 3 aromatic rings. The standard InChI is InChI=1S/C28H28ClFN2O8S/c1-17-11-26(28(31-13-17)39-16-19(34)15-33)41(37,38)32-14-20(7-10-27(35)36)40-25-9-6-18(12-24(25)32)5-8-21-22(29)3-2-4-23(21)30/h2-6,8-9,11-13,19-20,33-34H,7,10,14-16H2,1H3,(H,35,36)/b8-5+/t19?,20-/m0/s1. The number of hydrogen-bond donors (Lipinski definition) is 3. The lowest BCUT2D eigenvalue weighted by Crippen LogP contribution is -2.44. The topological polar surface area (TPSA) is 146 Å². The SMILES string of the molecule is Cc1cnc(OCC(O)CO)c(S(=O)(=O)N2C[C@H](CCC(=O)O)Oc3ccc(/C=C/c4c(F)cccc4Cl)cc32)c1. The summed E-state index contributed by atoms with van der Waals surface area (Å²) in [7, 11) is -4.38. The molecule has 1 aliphatic rings. The minimum absolute atomic E-state index is 0.0480. The molecule has 0 aliphatic carbocycles. The van der Waals surface area contributed by atoms with Gasteiger partial charge in [0, 0.05) is 18.2 Å². The number of aliphatic hydroxyl groups is 2. The molecule has 2 aromatic carbocycles. The normalized spacial score (nSPS) is 15.8. The summed E-state index contributed by atoms with van der Waals surface area (Å²) in [5.74, 6) is -1.65. The minimum Gasteiger partial charge on any atom is -0.486 e. The van der Waals surface area contributed by atoms with E-state index in [1.807, 2.05) is 0 Å². The van der Waals surface area contributed by atoms with Gasteiger partial charge in [0.15, 0.2) is 0 Å². The number of ether oxygens (including phenoxy) is 2. The maximum Gasteiger partial charge on any atom is 0.303 e. The van der Waals surface area contributed by atoms with E-state index in [1.54, 1.807) is 37.3 Å². The molecule has 1 aromatic heterocycles. The lowest BCUT2D eigenvalue weighted by atomic mass is 10.1. The van der Waals surface area contributed by atoms with Crippen LogP contribution in [0.5, 0.6) is 11.6 Å². The number of aryl methyl sites for hydroxylation is 1. The van der Waals surface area contributed by atoms with E-state index in [1.165, 1.54) is 30.5 Å². The van der Waals surface area contributed by atoms with Crippen LogP contribution in [0.15, 0.2) is 53.6 Å². The van der Waals surface area contributed by atoms with Gasteiger partial charge in [-0.1, -0.05) is 29.8 Å². The van der Waals surface area contributed by atoms with Crippen molar-refractivity contribution in [3.63, 3.8) is 0 Å². The number of halogens is 2. The Morgan fingerprint density at radius 1 is 1.29 bits per heavy atom. The highest BCUT2D eigenvalue weighted by atomic mass is 35.5. The van der Waals surface area contributed by atoms with Crippen molar-refractivity contribution in [2.45, 2.75) is 36.9 Å². The Morgan fingerprint density at radius 3 is 2.78 bits per heavy atom. The van der Waals surface area contributed by atoms with E-state index in [0.717, 1.165) is 4.31 Å². The van der Waals surface area contributed by atoms with E-state index in [-0.39, 0.29) is 52.2 Å². The lowest BCUT2D eigenvalue weighted by Gasteiger charge is -2.35. The third-order valence-electron chi connectivity index (χ3n) is 6.18. The van der Waals surface area contributed by atoms with Crippen LogP contribution in [0.4, 0.5) is 10.1 Å². The summed E-state index contributed by atoms with van der Waals surface area (Å²) in [5, 5.41) is 28.2. The van der Waals surface area contributed by atoms with E-state index in [0.29, 0.717) is 11.1 Å². The molecule has 0 bridgehead atoms. The van der Waals surface area contributed by atoms with E-state index in [9.17, 15) is 22.7 Å². The predicted octanol–water partition coefficient (Wildman–Crippen LogP) is 3.91. The molecule has 0 amide bonds. The zero-order valence-electron chi connectivity index (χ0n) is 21.9. The second-order valence-corrected chi connectivity index (χ2v) is 11.6. The third kappa shape index (κ3) is 7.14. The fraction of sp³-hybridized carbons (Fsp3) is 0.286. The van der Waals surface area contributed by atoms with Crippen molar-refractivity contribution in [1.29, 1.82) is 0 Å². The van der Waals surface area contributed by atoms with Crippen LogP contribution in [0.1, 0.15) is 29.5 Å². The highest BCUT2D eigenvalue weighted by molar-refractivity contribution is 7.93. The first-order valence-electron chi connectivity index (χ1n) is 12.5. The molecule has 0 spiro atoms. The Bertz CT molecular complexity index is 1550. The van der Waals surface area contributed by atoms with E-state index in [4.69, 9.17) is 31.3 Å². The fourth-order valence-electron chi connectivity index (χ4n) is 4.11. The fourth-order valence-corrected chi connectivity index (χ4v) is 6.01. The molecule has 1 unspecified atom stereocenters. The maximum atomic E-state index is 14.3. The Kier molecular flexibility index (Phi) is 9.49. The van der Waals surface area contributed by atoms with Crippen molar-refractivity contribution in [2.24, 2.45) is 0 Å². The molecular weight excluding hydrogens is 579 g/mol. The number of hydrogen-bond acceptors (Lipinski definition) is 8. The average Bonchev–Trinajstić information content (AvgIpc) is 2.94. The van der Waals surface area contributed by atoms with Crippen LogP contribution < -0.4 is 13.8 Å². The van der Waals surface area contributed by atoms with Crippen molar-refractivity contribution in [3.05, 3.63) is 76.2 Å². The first-order valence-corrected chi connectivity index (χ1v) is 14.4. The molecule has 41 heavy (non-hydrogen) atoms. The molecule has 0 fully saturated rings. The number of aliphatic hydroxyl groups excluding tert-OH is 2. The van der Waals surface area contributed by atoms with Gasteiger partial charge in [0.05, 0.1) is 23.9 Å². The van der Waals surface area contributed by atoms with Gasteiger partial charge in [-0.3, -0.25) is 9.10 Å². The zero-order valence-corrected chi connectivity index (χ0v) is 23.5. The number of carbonyl (C=O) groups is 1. The van der Waals surface area contributed by atoms with Crippen molar-refractivity contribution in [3.8, 4) is 11.6 Å². The average molecular weight is 607 g/mol. The molecule has 4 rings (SSSR count). The van der Waals surface area contributed by atoms with Gasteiger partial charge in [-0.2, -0.15) is 0 Å². The number of aliphatic carboxylic acids is 1. The summed E-state index contributed by atoms with van der Waals surface area (Å²) in [6, 6.07) is 10.4. The predicted molar refractivity (Wildman–Crippen MR) is 150 cm³/mol. The van der Waals surface area contributed by atoms with Gasteiger partial charge >= 0.3 is 5.97 Å². The maximum absolute atomic E-state index is 14.3. The second kappa shape index (κ2) is 12.9. The smallest absolute Gasteiger partial charge is 0.303 e. The Labute approximate surface area is 241 Å². The molecular formula is C28H28ClFN2O8S. The number of anilines is 1. The van der Waals surface area contributed by atoms with Crippen LogP contribution in [-0.2, 0) is 14.8 Å². The molecule has 13 heteroatoms. The number of fused-ring (bicyclic) bond motifs is 1. The molecule has 2 atom stereocenters. The Morgan fingerprint density at radius 2 is 2.07 bits per heavy atom. The lowest BCUT2D eigenvalue weighted by molar-refractivity contribution is -0.137. The number of nitrogens with zero attached hydrogens (tertiary/aromatic N) is 2. The second-order valence-electron chi connectivity index (χ2n) is 9.37. The van der Waals surface area contributed by atoms with Crippen molar-refractivity contribution in [1.82, 2.24) is 4.98 Å². The number of pyridine rings is 1. The highest BCUT2D eigenvalue weighted by Crippen LogP contribution is 2.40. The summed E-state index contributed by atoms with van der Waals surface area (Å²) in [6.07, 6.45) is 2.23. The molecule has 2 heterocycles. The Balaban J connectivity index is 1.77. The van der Waals surface area contributed by atoms with Gasteiger partial charge in [0.2, 0.25) is 5.88 Å². The van der Waals surface area contributed by atoms with E-state index in [2.05, 4.69) is 4.98 Å². The largest absolute Gasteiger partial charge is 0.486 e. The van der Waals surface area contributed by atoms with Crippen LogP contribution in [0.2, 0.25) is 5.02 Å². The van der Waals surface area contributed by atoms with Crippen LogP contribution in [0, 0.1) is 12.7 Å². The molecule has 3 N–H and O–H groups in total. The minimum atomic E-state index is -4.38. The number of benzene rings is 2. The summed E-state index contributed by atoms with van der Waals surface area (Å²) >= 11 is 6.12. The summed E-state index contributed by atoms with van der Waals surface area (Å²) in [5.41, 5.74) is 1.37. The van der Waals surface area contributed by atoms with Gasteiger partial charge in [-0.15, -0.1) is 0 Å². The first kappa shape index (κ1) is 30.3. The summed E-state index contributed by atoms with van der Waals surface area (Å²) in [4.78, 5) is 15.0. The number of rotatable bonds is 11. The van der Waals surface area contributed by atoms with Gasteiger partial charge in [0.25, 0.3) is 10.0 Å². The molecule has 0 saturated heterocycles. The van der Waals surface area contributed by atoms with Gasteiger partial charge in [-0.25, -0.2) is 17.8 Å². The molecule has 1 aliphatic heterocycles. The van der Waals surface area contributed by atoms with Gasteiger partial charge < -0.3 is 24.8 Å². The molecule has 0 radical (unpaired) electrons. The summed E-state index contributed by atoms with van der Waals surface area (Å²) < 4.78 is 55.1. The van der Waals surface area contributed by atoms with Crippen LogP contribution in [0.3, 0.4) is 0 Å². The third-order valence-corrected chi connectivity index (χ3v) is 8.29. The molecule has 10 nitrogen and oxygen atoms in total. The quantitative estimate of drug-likeness (QED) is 0.276.